The van der Waals surface area contributed by atoms with Gasteiger partial charge in [-0.25, -0.2) is 17.6 Å². The summed E-state index contributed by atoms with van der Waals surface area (Å²) in [5.74, 6) is 0. The molecule has 0 saturated heterocycles. The van der Waals surface area contributed by atoms with Gasteiger partial charge in [0.2, 0.25) is 0 Å². The Bertz CT molecular complexity index is 544. The van der Waals surface area contributed by atoms with E-state index in [9.17, 15) is 22.7 Å². The van der Waals surface area contributed by atoms with Crippen LogP contribution in [0.1, 0.15) is 11.7 Å². The summed E-state index contributed by atoms with van der Waals surface area (Å²) in [7, 11) is -3.34. The van der Waals surface area contributed by atoms with Crippen molar-refractivity contribution in [1.82, 2.24) is 5.32 Å². The van der Waals surface area contributed by atoms with Crippen molar-refractivity contribution in [2.45, 2.75) is 17.0 Å². The largest absolute Gasteiger partial charge is 0.386 e. The van der Waals surface area contributed by atoms with E-state index >= 15 is 0 Å². The van der Waals surface area contributed by atoms with Crippen LogP contribution in [0.25, 0.3) is 0 Å². The number of nitrogens with one attached hydrogen (secondary N) is 1. The monoisotopic (exact) mass is 290 g/mol. The topological polar surface area (TPSA) is 109 Å². The van der Waals surface area contributed by atoms with Crippen molar-refractivity contribution in [3.8, 4) is 0 Å². The van der Waals surface area contributed by atoms with Crippen molar-refractivity contribution in [1.29, 1.82) is 0 Å². The van der Waals surface area contributed by atoms with Gasteiger partial charge in [0.1, 0.15) is 12.8 Å². The zero-order chi connectivity index (χ0) is 14.6. The van der Waals surface area contributed by atoms with Gasteiger partial charge in [-0.1, -0.05) is 12.1 Å². The molecule has 19 heavy (non-hydrogen) atoms. The number of primary amides is 1. The van der Waals surface area contributed by atoms with E-state index in [4.69, 9.17) is 5.73 Å². The van der Waals surface area contributed by atoms with Gasteiger partial charge in [-0.3, -0.25) is 0 Å². The molecule has 6 nitrogen and oxygen atoms in total. The average Bonchev–Trinajstić information content (AvgIpc) is 2.34. The number of alkyl halides is 1. The van der Waals surface area contributed by atoms with E-state index in [1.807, 2.05) is 0 Å². The molecular weight excluding hydrogens is 275 g/mol. The molecule has 0 bridgehead atoms. The van der Waals surface area contributed by atoms with E-state index in [0.29, 0.717) is 0 Å². The van der Waals surface area contributed by atoms with E-state index in [1.165, 1.54) is 24.3 Å². The predicted molar refractivity (Wildman–Crippen MR) is 67.0 cm³/mol. The fourth-order valence-electron chi connectivity index (χ4n) is 1.53. The normalized spacial score (nSPS) is 14.7. The molecule has 0 radical (unpaired) electrons. The molecule has 0 fully saturated rings. The summed E-state index contributed by atoms with van der Waals surface area (Å²) in [5, 5.41) is 11.9. The summed E-state index contributed by atoms with van der Waals surface area (Å²) in [4.78, 5) is 10.7. The van der Waals surface area contributed by atoms with Gasteiger partial charge in [-0.15, -0.1) is 0 Å². The Morgan fingerprint density at radius 2 is 1.95 bits per heavy atom. The Hall–Kier alpha value is -1.67. The number of sulfone groups is 1. The third-order valence-electron chi connectivity index (χ3n) is 2.52. The lowest BCUT2D eigenvalue weighted by molar-refractivity contribution is 0.117. The van der Waals surface area contributed by atoms with Gasteiger partial charge in [-0.05, 0) is 17.7 Å². The maximum absolute atomic E-state index is 12.7. The maximum Gasteiger partial charge on any atom is 0.312 e. The number of urea groups is 1. The van der Waals surface area contributed by atoms with Gasteiger partial charge in [0.25, 0.3) is 0 Å². The van der Waals surface area contributed by atoms with Crippen molar-refractivity contribution in [3.05, 3.63) is 29.8 Å². The van der Waals surface area contributed by atoms with Crippen LogP contribution in [0, 0.1) is 0 Å². The van der Waals surface area contributed by atoms with Gasteiger partial charge >= 0.3 is 6.03 Å². The smallest absolute Gasteiger partial charge is 0.312 e. The molecule has 1 aromatic carbocycles. The SMILES string of the molecule is CS(=O)(=O)c1ccc(C(O)C(CF)NC(N)=O)cc1. The molecule has 4 N–H and O–H groups in total. The molecule has 0 aliphatic heterocycles. The van der Waals surface area contributed by atoms with Crippen LogP contribution in [0.3, 0.4) is 0 Å². The second-order valence-corrected chi connectivity index (χ2v) is 6.07. The summed E-state index contributed by atoms with van der Waals surface area (Å²) < 4.78 is 35.2. The molecule has 106 valence electrons. The van der Waals surface area contributed by atoms with E-state index in [1.54, 1.807) is 0 Å². The molecule has 2 unspecified atom stereocenters. The third-order valence-corrected chi connectivity index (χ3v) is 3.65. The molecular formula is C11H15FN2O4S. The zero-order valence-electron chi connectivity index (χ0n) is 10.2. The van der Waals surface area contributed by atoms with Crippen LogP contribution in [0.5, 0.6) is 0 Å². The number of benzene rings is 1. The standard InChI is InChI=1S/C11H15FN2O4S/c1-19(17,18)8-4-2-7(3-5-8)10(15)9(6-12)14-11(13)16/h2-5,9-10,15H,6H2,1H3,(H3,13,14,16). The molecule has 0 heterocycles. The van der Waals surface area contributed by atoms with E-state index in [-0.39, 0.29) is 10.5 Å². The van der Waals surface area contributed by atoms with Crippen molar-refractivity contribution < 1.29 is 22.7 Å². The lowest BCUT2D eigenvalue weighted by Gasteiger charge is -2.20. The molecule has 1 rings (SSSR count). The fourth-order valence-corrected chi connectivity index (χ4v) is 2.16. The van der Waals surface area contributed by atoms with Crippen LogP contribution in [0.15, 0.2) is 29.2 Å². The molecule has 2 amide bonds. The lowest BCUT2D eigenvalue weighted by atomic mass is 10.0. The van der Waals surface area contributed by atoms with E-state index in [2.05, 4.69) is 5.32 Å². The first kappa shape index (κ1) is 15.4. The van der Waals surface area contributed by atoms with Gasteiger partial charge in [0.05, 0.1) is 10.9 Å². The summed E-state index contributed by atoms with van der Waals surface area (Å²) in [6.07, 6.45) is -0.261. The minimum atomic E-state index is -3.34. The number of rotatable bonds is 5. The third kappa shape index (κ3) is 4.18. The Morgan fingerprint density at radius 1 is 1.42 bits per heavy atom. The van der Waals surface area contributed by atoms with Crippen LogP contribution in [0.4, 0.5) is 9.18 Å². The first-order chi connectivity index (χ1) is 8.75. The average molecular weight is 290 g/mol. The minimum absolute atomic E-state index is 0.0862. The summed E-state index contributed by atoms with van der Waals surface area (Å²) in [6, 6.07) is 3.18. The van der Waals surface area contributed by atoms with Gasteiger partial charge < -0.3 is 16.2 Å². The molecule has 8 heteroatoms. The molecule has 1 aromatic rings. The Morgan fingerprint density at radius 3 is 2.32 bits per heavy atom. The first-order valence-corrected chi connectivity index (χ1v) is 7.25. The van der Waals surface area contributed by atoms with Crippen LogP contribution >= 0.6 is 0 Å². The second kappa shape index (κ2) is 5.98. The number of halogens is 1. The minimum Gasteiger partial charge on any atom is -0.386 e. The van der Waals surface area contributed by atoms with Crippen LogP contribution in [-0.2, 0) is 9.84 Å². The van der Waals surface area contributed by atoms with E-state index in [0.717, 1.165) is 6.26 Å². The second-order valence-electron chi connectivity index (χ2n) is 4.06. The summed E-state index contributed by atoms with van der Waals surface area (Å²) in [5.41, 5.74) is 5.14. The molecule has 2 atom stereocenters. The molecule has 0 aliphatic carbocycles. The summed E-state index contributed by atoms with van der Waals surface area (Å²) in [6.45, 7) is -1.00. The zero-order valence-corrected chi connectivity index (χ0v) is 11.0. The number of hydrogen-bond acceptors (Lipinski definition) is 4. The highest BCUT2D eigenvalue weighted by Gasteiger charge is 2.22. The predicted octanol–water partition coefficient (Wildman–Crippen LogP) is 0.130. The van der Waals surface area contributed by atoms with Gasteiger partial charge in [0.15, 0.2) is 9.84 Å². The molecule has 0 aliphatic rings. The van der Waals surface area contributed by atoms with E-state index < -0.39 is 34.7 Å². The highest BCUT2D eigenvalue weighted by atomic mass is 32.2. The lowest BCUT2D eigenvalue weighted by Crippen LogP contribution is -2.43. The molecule has 0 aromatic heterocycles. The number of aliphatic hydroxyl groups excluding tert-OH is 1. The van der Waals surface area contributed by atoms with Crippen molar-refractivity contribution in [2.24, 2.45) is 5.73 Å². The number of hydrogen-bond donors (Lipinski definition) is 3. The van der Waals surface area contributed by atoms with Gasteiger partial charge in [0, 0.05) is 6.26 Å². The van der Waals surface area contributed by atoms with Crippen molar-refractivity contribution in [3.63, 3.8) is 0 Å². The highest BCUT2D eigenvalue weighted by molar-refractivity contribution is 7.90. The Labute approximate surface area is 110 Å². The summed E-state index contributed by atoms with van der Waals surface area (Å²) >= 11 is 0. The highest BCUT2D eigenvalue weighted by Crippen LogP contribution is 2.19. The fraction of sp³-hybridized carbons (Fsp3) is 0.364. The maximum atomic E-state index is 12.7. The van der Waals surface area contributed by atoms with Crippen LogP contribution in [0.2, 0.25) is 0 Å². The van der Waals surface area contributed by atoms with Crippen LogP contribution < -0.4 is 11.1 Å². The van der Waals surface area contributed by atoms with Crippen molar-refractivity contribution in [2.75, 3.05) is 12.9 Å². The number of carbonyl (C=O) groups excluding carboxylic acids is 1. The van der Waals surface area contributed by atoms with Crippen LogP contribution in [-0.4, -0.2) is 38.5 Å². The Balaban J connectivity index is 2.93. The number of carbonyl (C=O) groups is 1. The first-order valence-electron chi connectivity index (χ1n) is 5.35. The van der Waals surface area contributed by atoms with Gasteiger partial charge in [-0.2, -0.15) is 0 Å². The molecule has 0 saturated carbocycles. The number of amides is 2. The molecule has 0 spiro atoms. The number of nitrogens with two attached hydrogens (primary N) is 1. The van der Waals surface area contributed by atoms with Crippen molar-refractivity contribution >= 4 is 15.9 Å². The Kier molecular flexibility index (Phi) is 4.84. The quantitative estimate of drug-likeness (QED) is 0.716. The number of aliphatic hydroxyl groups is 1.